The van der Waals surface area contributed by atoms with Crippen LogP contribution in [0, 0.1) is 11.8 Å². The number of fused-ring (bicyclic) bond motifs is 1. The van der Waals surface area contributed by atoms with E-state index >= 15 is 0 Å². The summed E-state index contributed by atoms with van der Waals surface area (Å²) < 4.78 is 16.8. The van der Waals surface area contributed by atoms with Crippen molar-refractivity contribution in [2.24, 2.45) is 11.8 Å². The third-order valence-electron chi connectivity index (χ3n) is 6.67. The second kappa shape index (κ2) is 10.6. The summed E-state index contributed by atoms with van der Waals surface area (Å²) >= 11 is 0. The fourth-order valence-electron chi connectivity index (χ4n) is 4.86. The number of rotatable bonds is 8. The van der Waals surface area contributed by atoms with E-state index in [0.29, 0.717) is 17.7 Å². The van der Waals surface area contributed by atoms with Gasteiger partial charge in [-0.05, 0) is 41.5 Å². The number of ketones is 1. The first kappa shape index (κ1) is 23.5. The van der Waals surface area contributed by atoms with Gasteiger partial charge in [0.2, 0.25) is 0 Å². The molecule has 1 saturated carbocycles. The van der Waals surface area contributed by atoms with Crippen LogP contribution in [0.4, 0.5) is 0 Å². The molecule has 3 aromatic carbocycles. The van der Waals surface area contributed by atoms with Gasteiger partial charge in [-0.25, -0.2) is 4.79 Å². The molecule has 2 aliphatic rings. The van der Waals surface area contributed by atoms with E-state index < -0.39 is 12.1 Å². The first-order valence-corrected chi connectivity index (χ1v) is 12.0. The van der Waals surface area contributed by atoms with Crippen LogP contribution in [0.5, 0.6) is 5.75 Å². The molecule has 0 amide bonds. The Kier molecular flexibility index (Phi) is 6.94. The molecule has 0 radical (unpaired) electrons. The maximum absolute atomic E-state index is 12.9. The summed E-state index contributed by atoms with van der Waals surface area (Å²) in [5, 5.41) is 0. The standard InChI is InChI=1S/C30H26O6/c31-23(19-34-24-9-5-2-6-10-24)15-16-25-26-17-29(32)35-28(26)18-27(25)36-30(33)22-13-11-21(12-14-22)20-7-3-1-4-8-20/h1-16,25-28H,17-19H2/t25-,26-,27-,28+/m1/s1. The lowest BCUT2D eigenvalue weighted by Gasteiger charge is -2.20. The van der Waals surface area contributed by atoms with Crippen molar-refractivity contribution in [2.75, 3.05) is 6.61 Å². The molecule has 3 aromatic rings. The lowest BCUT2D eigenvalue weighted by Crippen LogP contribution is -2.25. The second-order valence-electron chi connectivity index (χ2n) is 9.02. The van der Waals surface area contributed by atoms with Gasteiger partial charge in [0.25, 0.3) is 0 Å². The molecule has 0 N–H and O–H groups in total. The molecule has 1 aliphatic heterocycles. The fourth-order valence-corrected chi connectivity index (χ4v) is 4.86. The molecule has 182 valence electrons. The number of carbonyl (C=O) groups is 3. The molecule has 0 unspecified atom stereocenters. The van der Waals surface area contributed by atoms with Gasteiger partial charge in [0, 0.05) is 18.3 Å². The van der Waals surface area contributed by atoms with Crippen LogP contribution in [0.3, 0.4) is 0 Å². The van der Waals surface area contributed by atoms with Crippen LogP contribution < -0.4 is 4.74 Å². The van der Waals surface area contributed by atoms with Crippen molar-refractivity contribution in [3.05, 3.63) is 103 Å². The number of hydrogen-bond donors (Lipinski definition) is 0. The van der Waals surface area contributed by atoms with E-state index in [1.807, 2.05) is 60.7 Å². The van der Waals surface area contributed by atoms with E-state index in [-0.39, 0.29) is 42.7 Å². The Labute approximate surface area is 209 Å². The van der Waals surface area contributed by atoms with Crippen molar-refractivity contribution in [2.45, 2.75) is 25.0 Å². The number of ether oxygens (including phenoxy) is 3. The first-order valence-electron chi connectivity index (χ1n) is 12.0. The molecule has 1 aliphatic carbocycles. The second-order valence-corrected chi connectivity index (χ2v) is 9.02. The number of benzene rings is 3. The molecular weight excluding hydrogens is 456 g/mol. The molecule has 0 aromatic heterocycles. The highest BCUT2D eigenvalue weighted by atomic mass is 16.6. The SMILES string of the molecule is O=C(C=C[C@@H]1[C@H]2CC(=O)O[C@H]2C[C@H]1OC(=O)c1ccc(-c2ccccc2)cc1)COc1ccccc1. The lowest BCUT2D eigenvalue weighted by molar-refractivity contribution is -0.141. The summed E-state index contributed by atoms with van der Waals surface area (Å²) in [5.74, 6) is -0.731. The minimum atomic E-state index is -0.492. The largest absolute Gasteiger partial charge is 0.485 e. The maximum Gasteiger partial charge on any atom is 0.338 e. The van der Waals surface area contributed by atoms with Crippen LogP contribution >= 0.6 is 0 Å². The quantitative estimate of drug-likeness (QED) is 0.331. The van der Waals surface area contributed by atoms with Gasteiger partial charge in [0.1, 0.15) is 18.0 Å². The van der Waals surface area contributed by atoms with Crippen molar-refractivity contribution < 1.29 is 28.6 Å². The van der Waals surface area contributed by atoms with Gasteiger partial charge in [0.05, 0.1) is 12.0 Å². The summed E-state index contributed by atoms with van der Waals surface area (Å²) in [4.78, 5) is 37.2. The highest BCUT2D eigenvalue weighted by Crippen LogP contribution is 2.43. The van der Waals surface area contributed by atoms with Gasteiger partial charge < -0.3 is 14.2 Å². The number of carbonyl (C=O) groups excluding carboxylic acids is 3. The van der Waals surface area contributed by atoms with Crippen LogP contribution in [0.2, 0.25) is 0 Å². The van der Waals surface area contributed by atoms with Crippen LogP contribution in [0.25, 0.3) is 11.1 Å². The fraction of sp³-hybridized carbons (Fsp3) is 0.233. The lowest BCUT2D eigenvalue weighted by atomic mass is 9.91. The van der Waals surface area contributed by atoms with E-state index in [4.69, 9.17) is 14.2 Å². The molecular formula is C30H26O6. The Bertz CT molecular complexity index is 1250. The van der Waals surface area contributed by atoms with Gasteiger partial charge in [-0.1, -0.05) is 66.7 Å². The van der Waals surface area contributed by atoms with E-state index in [9.17, 15) is 14.4 Å². The third kappa shape index (κ3) is 5.38. The Balaban J connectivity index is 1.24. The molecule has 0 bridgehead atoms. The predicted octanol–water partition coefficient (Wildman–Crippen LogP) is 5.03. The normalized spacial score (nSPS) is 22.7. The smallest absolute Gasteiger partial charge is 0.338 e. The average Bonchev–Trinajstić information content (AvgIpc) is 3.42. The van der Waals surface area contributed by atoms with Crippen LogP contribution in [-0.4, -0.2) is 36.5 Å². The van der Waals surface area contributed by atoms with E-state index in [1.54, 1.807) is 30.3 Å². The number of hydrogen-bond acceptors (Lipinski definition) is 6. The van der Waals surface area contributed by atoms with Crippen molar-refractivity contribution in [1.29, 1.82) is 0 Å². The molecule has 6 heteroatoms. The molecule has 36 heavy (non-hydrogen) atoms. The Hall–Kier alpha value is -4.19. The van der Waals surface area contributed by atoms with Crippen LogP contribution in [-0.2, 0) is 19.1 Å². The van der Waals surface area contributed by atoms with Crippen LogP contribution in [0.1, 0.15) is 23.2 Å². The molecule has 1 heterocycles. The molecule has 2 fully saturated rings. The average molecular weight is 483 g/mol. The van der Waals surface area contributed by atoms with Gasteiger partial charge in [-0.3, -0.25) is 9.59 Å². The summed E-state index contributed by atoms with van der Waals surface area (Å²) in [6, 6.07) is 26.3. The summed E-state index contributed by atoms with van der Waals surface area (Å²) in [7, 11) is 0. The molecule has 5 rings (SSSR count). The Morgan fingerprint density at radius 1 is 0.889 bits per heavy atom. The van der Waals surface area contributed by atoms with Crippen molar-refractivity contribution in [3.63, 3.8) is 0 Å². The van der Waals surface area contributed by atoms with E-state index in [1.165, 1.54) is 6.08 Å². The highest BCUT2D eigenvalue weighted by Gasteiger charge is 2.50. The van der Waals surface area contributed by atoms with E-state index in [0.717, 1.165) is 11.1 Å². The summed E-state index contributed by atoms with van der Waals surface area (Å²) in [5.41, 5.74) is 2.51. The van der Waals surface area contributed by atoms with Gasteiger partial charge >= 0.3 is 11.9 Å². The van der Waals surface area contributed by atoms with Crippen LogP contribution in [0.15, 0.2) is 97.1 Å². The van der Waals surface area contributed by atoms with Gasteiger partial charge in [0.15, 0.2) is 12.4 Å². The van der Waals surface area contributed by atoms with Gasteiger partial charge in [-0.2, -0.15) is 0 Å². The van der Waals surface area contributed by atoms with Crippen molar-refractivity contribution in [1.82, 2.24) is 0 Å². The highest BCUT2D eigenvalue weighted by molar-refractivity contribution is 5.91. The minimum Gasteiger partial charge on any atom is -0.485 e. The minimum absolute atomic E-state index is 0.102. The zero-order valence-corrected chi connectivity index (χ0v) is 19.6. The van der Waals surface area contributed by atoms with E-state index in [2.05, 4.69) is 0 Å². The zero-order chi connectivity index (χ0) is 24.9. The molecule has 4 atom stereocenters. The zero-order valence-electron chi connectivity index (χ0n) is 19.6. The molecule has 6 nitrogen and oxygen atoms in total. The topological polar surface area (TPSA) is 78.9 Å². The number of esters is 2. The third-order valence-corrected chi connectivity index (χ3v) is 6.67. The van der Waals surface area contributed by atoms with Gasteiger partial charge in [-0.15, -0.1) is 0 Å². The van der Waals surface area contributed by atoms with Crippen molar-refractivity contribution in [3.8, 4) is 16.9 Å². The monoisotopic (exact) mass is 482 g/mol. The van der Waals surface area contributed by atoms with Crippen molar-refractivity contribution >= 4 is 17.7 Å². The molecule has 1 saturated heterocycles. The summed E-state index contributed by atoms with van der Waals surface area (Å²) in [6.07, 6.45) is 3.03. The Morgan fingerprint density at radius 2 is 1.56 bits per heavy atom. The predicted molar refractivity (Wildman–Crippen MR) is 133 cm³/mol. The number of para-hydroxylation sites is 1. The Morgan fingerprint density at radius 3 is 2.28 bits per heavy atom. The maximum atomic E-state index is 12.9. The summed E-state index contributed by atoms with van der Waals surface area (Å²) in [6.45, 7) is -0.102. The first-order chi connectivity index (χ1) is 17.6. The molecule has 0 spiro atoms.